The molecule has 1 atom stereocenters. The van der Waals surface area contributed by atoms with Gasteiger partial charge in [0.15, 0.2) is 0 Å². The number of urea groups is 1. The zero-order chi connectivity index (χ0) is 14.3. The number of carboxylic acid groups (broad SMARTS) is 1. The van der Waals surface area contributed by atoms with Crippen molar-refractivity contribution < 1.29 is 14.7 Å². The Bertz CT molecular complexity index is 305. The van der Waals surface area contributed by atoms with Crippen molar-refractivity contribution in [2.75, 3.05) is 13.1 Å². The van der Waals surface area contributed by atoms with Gasteiger partial charge in [0.1, 0.15) is 6.04 Å². The minimum absolute atomic E-state index is 0.225. The molecule has 1 aliphatic heterocycles. The van der Waals surface area contributed by atoms with Crippen molar-refractivity contribution in [3.05, 3.63) is 0 Å². The predicted octanol–water partition coefficient (Wildman–Crippen LogP) is 2.46. The number of carbonyl (C=O) groups excluding carboxylic acids is 1. The van der Waals surface area contributed by atoms with Crippen LogP contribution in [0.2, 0.25) is 0 Å². The van der Waals surface area contributed by atoms with Gasteiger partial charge < -0.3 is 15.3 Å². The van der Waals surface area contributed by atoms with Crippen LogP contribution in [-0.4, -0.2) is 41.1 Å². The molecule has 5 nitrogen and oxygen atoms in total. The monoisotopic (exact) mass is 270 g/mol. The predicted molar refractivity (Wildman–Crippen MR) is 74.1 cm³/mol. The molecule has 1 fully saturated rings. The van der Waals surface area contributed by atoms with E-state index < -0.39 is 12.0 Å². The molecule has 5 heteroatoms. The number of aliphatic carboxylic acids is 1. The van der Waals surface area contributed by atoms with E-state index in [9.17, 15) is 9.59 Å². The highest BCUT2D eigenvalue weighted by molar-refractivity contribution is 5.82. The average Bonchev–Trinajstić information content (AvgIpc) is 2.37. The minimum Gasteiger partial charge on any atom is -0.480 e. The van der Waals surface area contributed by atoms with Crippen LogP contribution in [0.15, 0.2) is 0 Å². The number of likely N-dealkylation sites (tertiary alicyclic amines) is 1. The molecule has 0 spiro atoms. The van der Waals surface area contributed by atoms with Gasteiger partial charge in [0.25, 0.3) is 0 Å². The zero-order valence-corrected chi connectivity index (χ0v) is 12.0. The van der Waals surface area contributed by atoms with Gasteiger partial charge in [-0.25, -0.2) is 9.59 Å². The van der Waals surface area contributed by atoms with Crippen molar-refractivity contribution in [2.45, 2.75) is 58.4 Å². The molecule has 0 aromatic rings. The summed E-state index contributed by atoms with van der Waals surface area (Å²) in [5, 5.41) is 11.9. The van der Waals surface area contributed by atoms with Crippen molar-refractivity contribution in [3.8, 4) is 0 Å². The van der Waals surface area contributed by atoms with E-state index in [2.05, 4.69) is 19.2 Å². The van der Waals surface area contributed by atoms with Gasteiger partial charge in [-0.2, -0.15) is 0 Å². The van der Waals surface area contributed by atoms with Gasteiger partial charge >= 0.3 is 12.0 Å². The lowest BCUT2D eigenvalue weighted by Gasteiger charge is -2.32. The fourth-order valence-corrected chi connectivity index (χ4v) is 2.41. The molecule has 0 bridgehead atoms. The van der Waals surface area contributed by atoms with E-state index in [4.69, 9.17) is 5.11 Å². The summed E-state index contributed by atoms with van der Waals surface area (Å²) in [7, 11) is 0. The van der Waals surface area contributed by atoms with Crippen LogP contribution in [0.25, 0.3) is 0 Å². The summed E-state index contributed by atoms with van der Waals surface area (Å²) in [6, 6.07) is -0.874. The quantitative estimate of drug-likeness (QED) is 0.728. The maximum absolute atomic E-state index is 12.0. The first-order chi connectivity index (χ1) is 9.02. The summed E-state index contributed by atoms with van der Waals surface area (Å²) in [5.74, 6) is -0.205. The van der Waals surface area contributed by atoms with Crippen molar-refractivity contribution >= 4 is 12.0 Å². The number of carbonyl (C=O) groups is 2. The Morgan fingerprint density at radius 3 is 2.68 bits per heavy atom. The molecule has 1 aliphatic rings. The van der Waals surface area contributed by atoms with Crippen LogP contribution in [-0.2, 0) is 4.79 Å². The molecule has 1 heterocycles. The number of unbranched alkanes of at least 4 members (excludes halogenated alkanes) is 1. The molecule has 19 heavy (non-hydrogen) atoms. The number of piperidine rings is 1. The summed E-state index contributed by atoms with van der Waals surface area (Å²) in [6.45, 7) is 5.55. The third kappa shape index (κ3) is 5.49. The van der Waals surface area contributed by atoms with Crippen LogP contribution < -0.4 is 5.32 Å². The van der Waals surface area contributed by atoms with E-state index in [1.807, 2.05) is 0 Å². The van der Waals surface area contributed by atoms with Crippen LogP contribution in [0.4, 0.5) is 4.79 Å². The van der Waals surface area contributed by atoms with E-state index in [0.29, 0.717) is 25.4 Å². The first-order valence-electron chi connectivity index (χ1n) is 7.29. The fraction of sp³-hybridized carbons (Fsp3) is 0.857. The Hall–Kier alpha value is -1.26. The first-order valence-corrected chi connectivity index (χ1v) is 7.29. The topological polar surface area (TPSA) is 69.6 Å². The summed E-state index contributed by atoms with van der Waals surface area (Å²) < 4.78 is 0. The zero-order valence-electron chi connectivity index (χ0n) is 12.0. The lowest BCUT2D eigenvalue weighted by Crippen LogP contribution is -2.52. The van der Waals surface area contributed by atoms with Gasteiger partial charge in [0.2, 0.25) is 0 Å². The molecule has 110 valence electrons. The molecule has 0 aromatic heterocycles. The number of amides is 2. The average molecular weight is 270 g/mol. The van der Waals surface area contributed by atoms with E-state index >= 15 is 0 Å². The maximum Gasteiger partial charge on any atom is 0.326 e. The maximum atomic E-state index is 12.0. The molecule has 2 N–H and O–H groups in total. The number of rotatable bonds is 6. The lowest BCUT2D eigenvalue weighted by atomic mass is 10.0. The lowest BCUT2D eigenvalue weighted by molar-refractivity contribution is -0.143. The summed E-state index contributed by atoms with van der Waals surface area (Å²) in [4.78, 5) is 24.5. The Kier molecular flexibility index (Phi) is 6.67. The summed E-state index contributed by atoms with van der Waals surface area (Å²) in [5.41, 5.74) is 0. The van der Waals surface area contributed by atoms with Crippen LogP contribution in [0.1, 0.15) is 52.4 Å². The van der Waals surface area contributed by atoms with Crippen LogP contribution >= 0.6 is 0 Å². The second kappa shape index (κ2) is 8.02. The molecular weight excluding hydrogens is 244 g/mol. The van der Waals surface area contributed by atoms with Gasteiger partial charge in [-0.1, -0.05) is 26.7 Å². The number of hydrogen-bond acceptors (Lipinski definition) is 2. The molecule has 1 saturated heterocycles. The number of carboxylic acids is 1. The van der Waals surface area contributed by atoms with Gasteiger partial charge in [0, 0.05) is 13.1 Å². The molecule has 2 amide bonds. The second-order valence-corrected chi connectivity index (χ2v) is 5.66. The van der Waals surface area contributed by atoms with Crippen molar-refractivity contribution in [3.63, 3.8) is 0 Å². The number of nitrogens with one attached hydrogen (secondary N) is 1. The number of hydrogen-bond donors (Lipinski definition) is 2. The normalized spacial score (nSPS) is 19.5. The SMILES string of the molecule is CC(C)CCCCNC(=O)N1CCCCC1C(=O)O. The van der Waals surface area contributed by atoms with Crippen LogP contribution in [0.5, 0.6) is 0 Å². The molecule has 1 rings (SSSR count). The van der Waals surface area contributed by atoms with E-state index in [1.54, 1.807) is 0 Å². The minimum atomic E-state index is -0.894. The molecular formula is C14H26N2O3. The Morgan fingerprint density at radius 1 is 1.32 bits per heavy atom. The Balaban J connectivity index is 2.29. The standard InChI is InChI=1S/C14H26N2O3/c1-11(2)7-3-5-9-15-14(19)16-10-6-4-8-12(16)13(17)18/h11-12H,3-10H2,1-2H3,(H,15,19)(H,17,18). The van der Waals surface area contributed by atoms with Gasteiger partial charge in [-0.3, -0.25) is 0 Å². The highest BCUT2D eigenvalue weighted by atomic mass is 16.4. The molecule has 0 radical (unpaired) electrons. The van der Waals surface area contributed by atoms with Crippen LogP contribution in [0, 0.1) is 5.92 Å². The highest BCUT2D eigenvalue weighted by Gasteiger charge is 2.31. The first kappa shape index (κ1) is 15.8. The molecule has 1 unspecified atom stereocenters. The summed E-state index contributed by atoms with van der Waals surface area (Å²) in [6.07, 6.45) is 5.56. The largest absolute Gasteiger partial charge is 0.480 e. The Morgan fingerprint density at radius 2 is 2.05 bits per heavy atom. The Labute approximate surface area is 115 Å². The van der Waals surface area contributed by atoms with Crippen molar-refractivity contribution in [2.24, 2.45) is 5.92 Å². The molecule has 0 saturated carbocycles. The van der Waals surface area contributed by atoms with Gasteiger partial charge in [-0.15, -0.1) is 0 Å². The van der Waals surface area contributed by atoms with E-state index in [0.717, 1.165) is 32.1 Å². The van der Waals surface area contributed by atoms with E-state index in [-0.39, 0.29) is 6.03 Å². The fourth-order valence-electron chi connectivity index (χ4n) is 2.41. The van der Waals surface area contributed by atoms with Crippen LogP contribution in [0.3, 0.4) is 0 Å². The van der Waals surface area contributed by atoms with Crippen molar-refractivity contribution in [1.82, 2.24) is 10.2 Å². The van der Waals surface area contributed by atoms with E-state index in [1.165, 1.54) is 4.90 Å². The smallest absolute Gasteiger partial charge is 0.326 e. The molecule has 0 aliphatic carbocycles. The third-order valence-electron chi connectivity index (χ3n) is 3.53. The second-order valence-electron chi connectivity index (χ2n) is 5.66. The third-order valence-corrected chi connectivity index (χ3v) is 3.53. The van der Waals surface area contributed by atoms with Gasteiger partial charge in [0.05, 0.1) is 0 Å². The highest BCUT2D eigenvalue weighted by Crippen LogP contribution is 2.17. The van der Waals surface area contributed by atoms with Crippen molar-refractivity contribution in [1.29, 1.82) is 0 Å². The molecule has 0 aromatic carbocycles. The van der Waals surface area contributed by atoms with Gasteiger partial charge in [-0.05, 0) is 31.6 Å². The number of nitrogens with zero attached hydrogens (tertiary/aromatic N) is 1. The summed E-state index contributed by atoms with van der Waals surface area (Å²) >= 11 is 0.